The van der Waals surface area contributed by atoms with Gasteiger partial charge in [0.1, 0.15) is 5.75 Å². The average molecular weight is 233 g/mol. The lowest BCUT2D eigenvalue weighted by molar-refractivity contribution is 0.302. The van der Waals surface area contributed by atoms with Crippen LogP contribution < -0.4 is 10.1 Å². The lowest BCUT2D eigenvalue weighted by Gasteiger charge is -2.19. The first-order valence-electron chi connectivity index (χ1n) is 6.63. The Balaban J connectivity index is 2.06. The molecule has 2 rings (SSSR count). The Kier molecular flexibility index (Phi) is 4.06. The largest absolute Gasteiger partial charge is 0.490 e. The van der Waals surface area contributed by atoms with Crippen molar-refractivity contribution in [1.29, 1.82) is 0 Å². The topological polar surface area (TPSA) is 21.3 Å². The summed E-state index contributed by atoms with van der Waals surface area (Å²) in [5.41, 5.74) is 1.33. The minimum Gasteiger partial charge on any atom is -0.490 e. The van der Waals surface area contributed by atoms with Gasteiger partial charge in [0, 0.05) is 6.04 Å². The summed E-state index contributed by atoms with van der Waals surface area (Å²) in [5, 5.41) is 3.39. The van der Waals surface area contributed by atoms with E-state index in [1.165, 1.54) is 18.4 Å². The quantitative estimate of drug-likeness (QED) is 0.811. The van der Waals surface area contributed by atoms with Crippen LogP contribution in [0.2, 0.25) is 0 Å². The number of hydrogen-bond acceptors (Lipinski definition) is 2. The van der Waals surface area contributed by atoms with Crippen molar-refractivity contribution in [3.05, 3.63) is 29.8 Å². The van der Waals surface area contributed by atoms with Crippen LogP contribution in [0.15, 0.2) is 24.3 Å². The van der Waals surface area contributed by atoms with Crippen molar-refractivity contribution in [2.24, 2.45) is 5.92 Å². The average Bonchev–Trinajstić information content (AvgIpc) is 3.10. The van der Waals surface area contributed by atoms with Crippen molar-refractivity contribution < 1.29 is 4.74 Å². The second-order valence-electron chi connectivity index (χ2n) is 5.36. The summed E-state index contributed by atoms with van der Waals surface area (Å²) in [5.74, 6) is 1.72. The van der Waals surface area contributed by atoms with Gasteiger partial charge in [-0.1, -0.05) is 26.0 Å². The molecule has 1 N–H and O–H groups in total. The Morgan fingerprint density at radius 1 is 1.35 bits per heavy atom. The zero-order valence-corrected chi connectivity index (χ0v) is 11.1. The summed E-state index contributed by atoms with van der Waals surface area (Å²) in [4.78, 5) is 0. The molecule has 1 fully saturated rings. The number of ether oxygens (including phenoxy) is 1. The van der Waals surface area contributed by atoms with Crippen molar-refractivity contribution in [2.45, 2.75) is 45.3 Å². The van der Waals surface area contributed by atoms with E-state index in [2.05, 4.69) is 43.4 Å². The lowest BCUT2D eigenvalue weighted by Crippen LogP contribution is -2.18. The molecule has 1 aromatic carbocycles. The van der Waals surface area contributed by atoms with Gasteiger partial charge in [0.25, 0.3) is 0 Å². The molecule has 1 aliphatic carbocycles. The normalized spacial score (nSPS) is 17.2. The van der Waals surface area contributed by atoms with Gasteiger partial charge in [-0.3, -0.25) is 0 Å². The number of hydrogen-bond donors (Lipinski definition) is 1. The summed E-state index contributed by atoms with van der Waals surface area (Å²) in [7, 11) is 2.03. The summed E-state index contributed by atoms with van der Waals surface area (Å²) in [6, 6.07) is 8.95. The number of nitrogens with one attached hydrogen (secondary N) is 1. The predicted octanol–water partition coefficient (Wildman–Crippen LogP) is 3.53. The molecule has 1 atom stereocenters. The fourth-order valence-corrected chi connectivity index (χ4v) is 2.07. The van der Waals surface area contributed by atoms with E-state index >= 15 is 0 Å². The maximum absolute atomic E-state index is 5.84. The van der Waals surface area contributed by atoms with Crippen LogP contribution >= 0.6 is 0 Å². The van der Waals surface area contributed by atoms with Gasteiger partial charge in [-0.2, -0.15) is 0 Å². The van der Waals surface area contributed by atoms with E-state index in [4.69, 9.17) is 4.74 Å². The third-order valence-electron chi connectivity index (χ3n) is 3.14. The van der Waals surface area contributed by atoms with E-state index in [9.17, 15) is 0 Å². The zero-order chi connectivity index (χ0) is 12.3. The molecule has 2 nitrogen and oxygen atoms in total. The molecule has 94 valence electrons. The summed E-state index contributed by atoms with van der Waals surface area (Å²) >= 11 is 0. The van der Waals surface area contributed by atoms with Crippen molar-refractivity contribution in [2.75, 3.05) is 7.05 Å². The predicted molar refractivity (Wildman–Crippen MR) is 71.3 cm³/mol. The molecular formula is C15H23NO. The standard InChI is InChI=1S/C15H23NO/c1-11(2)9-15(16-3)12-5-4-6-14(10-12)17-13-7-8-13/h4-6,10-11,13,15-16H,7-9H2,1-3H3. The first-order chi connectivity index (χ1) is 8.19. The molecular weight excluding hydrogens is 210 g/mol. The van der Waals surface area contributed by atoms with Gasteiger partial charge < -0.3 is 10.1 Å². The third-order valence-corrected chi connectivity index (χ3v) is 3.14. The molecule has 1 aromatic rings. The van der Waals surface area contributed by atoms with Crippen molar-refractivity contribution in [3.8, 4) is 5.75 Å². The molecule has 0 aliphatic heterocycles. The van der Waals surface area contributed by atoms with E-state index in [1.807, 2.05) is 7.05 Å². The van der Waals surface area contributed by atoms with Gasteiger partial charge in [0.2, 0.25) is 0 Å². The Bertz CT molecular complexity index is 358. The highest BCUT2D eigenvalue weighted by Crippen LogP contribution is 2.29. The molecule has 0 heterocycles. The van der Waals surface area contributed by atoms with Gasteiger partial charge >= 0.3 is 0 Å². The highest BCUT2D eigenvalue weighted by Gasteiger charge is 2.23. The van der Waals surface area contributed by atoms with Gasteiger partial charge in [0.15, 0.2) is 0 Å². The van der Waals surface area contributed by atoms with Crippen LogP contribution in [0.4, 0.5) is 0 Å². The first-order valence-corrected chi connectivity index (χ1v) is 6.63. The highest BCUT2D eigenvalue weighted by molar-refractivity contribution is 5.31. The van der Waals surface area contributed by atoms with Gasteiger partial charge in [-0.25, -0.2) is 0 Å². The monoisotopic (exact) mass is 233 g/mol. The Morgan fingerprint density at radius 3 is 2.71 bits per heavy atom. The highest BCUT2D eigenvalue weighted by atomic mass is 16.5. The van der Waals surface area contributed by atoms with Gasteiger partial charge in [-0.05, 0) is 49.9 Å². The maximum atomic E-state index is 5.84. The molecule has 0 radical (unpaired) electrons. The number of rotatable bonds is 6. The maximum Gasteiger partial charge on any atom is 0.120 e. The molecule has 2 heteroatoms. The third kappa shape index (κ3) is 3.74. The molecule has 1 saturated carbocycles. The minimum absolute atomic E-state index is 0.428. The van der Waals surface area contributed by atoms with Crippen LogP contribution in [0.5, 0.6) is 5.75 Å². The SMILES string of the molecule is CNC(CC(C)C)c1cccc(OC2CC2)c1. The molecule has 0 amide bonds. The number of benzene rings is 1. The fourth-order valence-electron chi connectivity index (χ4n) is 2.07. The molecule has 1 aliphatic rings. The van der Waals surface area contributed by atoms with Crippen LogP contribution in [0.25, 0.3) is 0 Å². The van der Waals surface area contributed by atoms with Crippen LogP contribution in [-0.2, 0) is 0 Å². The minimum atomic E-state index is 0.428. The van der Waals surface area contributed by atoms with Crippen LogP contribution in [0, 0.1) is 5.92 Å². The lowest BCUT2D eigenvalue weighted by atomic mass is 9.97. The van der Waals surface area contributed by atoms with Crippen molar-refractivity contribution in [3.63, 3.8) is 0 Å². The Hall–Kier alpha value is -1.02. The molecule has 17 heavy (non-hydrogen) atoms. The zero-order valence-electron chi connectivity index (χ0n) is 11.1. The van der Waals surface area contributed by atoms with Crippen molar-refractivity contribution >= 4 is 0 Å². The molecule has 0 aromatic heterocycles. The molecule has 0 bridgehead atoms. The van der Waals surface area contributed by atoms with Crippen LogP contribution in [0.3, 0.4) is 0 Å². The summed E-state index contributed by atoms with van der Waals surface area (Å²) in [6.45, 7) is 4.52. The van der Waals surface area contributed by atoms with E-state index in [1.54, 1.807) is 0 Å². The van der Waals surface area contributed by atoms with Gasteiger partial charge in [0.05, 0.1) is 6.10 Å². The fraction of sp³-hybridized carbons (Fsp3) is 0.600. The second-order valence-corrected chi connectivity index (χ2v) is 5.36. The molecule has 0 spiro atoms. The molecule has 1 unspecified atom stereocenters. The Morgan fingerprint density at radius 2 is 2.12 bits per heavy atom. The van der Waals surface area contributed by atoms with E-state index in [0.717, 1.165) is 12.2 Å². The smallest absolute Gasteiger partial charge is 0.120 e. The summed E-state index contributed by atoms with van der Waals surface area (Å²) < 4.78 is 5.84. The summed E-state index contributed by atoms with van der Waals surface area (Å²) in [6.07, 6.45) is 4.06. The van der Waals surface area contributed by atoms with E-state index < -0.39 is 0 Å². The van der Waals surface area contributed by atoms with Crippen LogP contribution in [0.1, 0.15) is 44.7 Å². The van der Waals surface area contributed by atoms with Gasteiger partial charge in [-0.15, -0.1) is 0 Å². The van der Waals surface area contributed by atoms with E-state index in [-0.39, 0.29) is 0 Å². The first kappa shape index (κ1) is 12.4. The second kappa shape index (κ2) is 5.54. The van der Waals surface area contributed by atoms with E-state index in [0.29, 0.717) is 18.1 Å². The molecule has 0 saturated heterocycles. The van der Waals surface area contributed by atoms with Crippen molar-refractivity contribution in [1.82, 2.24) is 5.32 Å². The van der Waals surface area contributed by atoms with Crippen LogP contribution in [-0.4, -0.2) is 13.2 Å². The Labute approximate surface area is 104 Å².